The SMILES string of the molecule is CC1CCC(N)(c2cccc(Cl)c2Cl)CC1C. The Kier molecular flexibility index (Phi) is 3.72. The van der Waals surface area contributed by atoms with Gasteiger partial charge in [-0.1, -0.05) is 49.2 Å². The van der Waals surface area contributed by atoms with Crippen molar-refractivity contribution < 1.29 is 0 Å². The summed E-state index contributed by atoms with van der Waals surface area (Å²) >= 11 is 12.4. The Balaban J connectivity index is 2.35. The fourth-order valence-electron chi connectivity index (χ4n) is 2.78. The number of benzene rings is 1. The molecule has 1 nitrogen and oxygen atoms in total. The topological polar surface area (TPSA) is 26.0 Å². The van der Waals surface area contributed by atoms with Gasteiger partial charge in [0.1, 0.15) is 0 Å². The molecule has 1 aromatic carbocycles. The number of hydrogen-bond donors (Lipinski definition) is 1. The Labute approximate surface area is 113 Å². The third kappa shape index (κ3) is 2.47. The van der Waals surface area contributed by atoms with Gasteiger partial charge < -0.3 is 5.73 Å². The molecule has 2 N–H and O–H groups in total. The quantitative estimate of drug-likeness (QED) is 0.794. The second-order valence-corrected chi connectivity index (χ2v) is 6.24. The fourth-order valence-corrected chi connectivity index (χ4v) is 3.27. The first-order chi connectivity index (χ1) is 7.94. The summed E-state index contributed by atoms with van der Waals surface area (Å²) in [7, 11) is 0. The molecule has 1 aliphatic rings. The van der Waals surface area contributed by atoms with E-state index in [4.69, 9.17) is 28.9 Å². The van der Waals surface area contributed by atoms with Crippen LogP contribution in [0.4, 0.5) is 0 Å². The second kappa shape index (κ2) is 4.79. The van der Waals surface area contributed by atoms with E-state index in [2.05, 4.69) is 13.8 Å². The van der Waals surface area contributed by atoms with Crippen LogP contribution in [-0.2, 0) is 5.54 Å². The maximum absolute atomic E-state index is 6.56. The van der Waals surface area contributed by atoms with Crippen molar-refractivity contribution in [2.45, 2.75) is 38.6 Å². The van der Waals surface area contributed by atoms with Crippen molar-refractivity contribution in [3.8, 4) is 0 Å². The number of halogens is 2. The highest BCUT2D eigenvalue weighted by atomic mass is 35.5. The Morgan fingerprint density at radius 3 is 2.59 bits per heavy atom. The van der Waals surface area contributed by atoms with E-state index < -0.39 is 0 Å². The molecule has 94 valence electrons. The molecule has 2 rings (SSSR count). The van der Waals surface area contributed by atoms with E-state index in [-0.39, 0.29) is 5.54 Å². The van der Waals surface area contributed by atoms with Crippen molar-refractivity contribution in [3.63, 3.8) is 0 Å². The van der Waals surface area contributed by atoms with Gasteiger partial charge in [-0.05, 0) is 42.7 Å². The minimum Gasteiger partial charge on any atom is -0.321 e. The van der Waals surface area contributed by atoms with E-state index in [0.29, 0.717) is 16.0 Å². The van der Waals surface area contributed by atoms with Crippen LogP contribution in [0, 0.1) is 11.8 Å². The van der Waals surface area contributed by atoms with E-state index in [1.54, 1.807) is 0 Å². The van der Waals surface area contributed by atoms with E-state index in [1.165, 1.54) is 0 Å². The smallest absolute Gasteiger partial charge is 0.0642 e. The van der Waals surface area contributed by atoms with E-state index in [1.807, 2.05) is 18.2 Å². The first kappa shape index (κ1) is 13.2. The highest BCUT2D eigenvalue weighted by Crippen LogP contribution is 2.44. The highest BCUT2D eigenvalue weighted by molar-refractivity contribution is 6.42. The molecule has 1 aliphatic carbocycles. The van der Waals surface area contributed by atoms with Gasteiger partial charge in [-0.2, -0.15) is 0 Å². The van der Waals surface area contributed by atoms with Crippen molar-refractivity contribution in [2.24, 2.45) is 17.6 Å². The molecule has 1 saturated carbocycles. The van der Waals surface area contributed by atoms with Gasteiger partial charge in [-0.3, -0.25) is 0 Å². The van der Waals surface area contributed by atoms with E-state index >= 15 is 0 Å². The van der Waals surface area contributed by atoms with Crippen LogP contribution in [-0.4, -0.2) is 0 Å². The summed E-state index contributed by atoms with van der Waals surface area (Å²) in [5.41, 5.74) is 7.25. The van der Waals surface area contributed by atoms with Gasteiger partial charge in [-0.25, -0.2) is 0 Å². The van der Waals surface area contributed by atoms with Crippen molar-refractivity contribution in [1.82, 2.24) is 0 Å². The van der Waals surface area contributed by atoms with Crippen LogP contribution in [0.3, 0.4) is 0 Å². The Hall–Kier alpha value is -0.240. The molecule has 1 fully saturated rings. The first-order valence-electron chi connectivity index (χ1n) is 6.17. The van der Waals surface area contributed by atoms with Gasteiger partial charge in [0.15, 0.2) is 0 Å². The lowest BCUT2D eigenvalue weighted by Gasteiger charge is -2.41. The molecule has 1 aromatic rings. The van der Waals surface area contributed by atoms with Crippen LogP contribution in [0.15, 0.2) is 18.2 Å². The van der Waals surface area contributed by atoms with Gasteiger partial charge in [0, 0.05) is 5.54 Å². The summed E-state index contributed by atoms with van der Waals surface area (Å²) in [6, 6.07) is 5.75. The maximum atomic E-state index is 6.56. The van der Waals surface area contributed by atoms with Gasteiger partial charge in [0.05, 0.1) is 10.0 Å². The van der Waals surface area contributed by atoms with Crippen LogP contribution >= 0.6 is 23.2 Å². The van der Waals surface area contributed by atoms with Crippen LogP contribution < -0.4 is 5.73 Å². The van der Waals surface area contributed by atoms with Crippen molar-refractivity contribution in [3.05, 3.63) is 33.8 Å². The van der Waals surface area contributed by atoms with Crippen molar-refractivity contribution in [1.29, 1.82) is 0 Å². The third-order valence-electron chi connectivity index (χ3n) is 4.19. The zero-order valence-electron chi connectivity index (χ0n) is 10.3. The summed E-state index contributed by atoms with van der Waals surface area (Å²) in [5, 5.41) is 1.22. The minimum absolute atomic E-state index is 0.312. The molecule has 0 heterocycles. The second-order valence-electron chi connectivity index (χ2n) is 5.45. The molecule has 0 amide bonds. The molecule has 0 bridgehead atoms. The van der Waals surface area contributed by atoms with Crippen LogP contribution in [0.25, 0.3) is 0 Å². The van der Waals surface area contributed by atoms with Gasteiger partial charge in [-0.15, -0.1) is 0 Å². The standard InChI is InChI=1S/C14H19Cl2N/c1-9-6-7-14(17,8-10(9)2)11-4-3-5-12(15)13(11)16/h3-5,9-10H,6-8,17H2,1-2H3. The molecule has 3 unspecified atom stereocenters. The predicted molar refractivity (Wildman–Crippen MR) is 74.5 cm³/mol. The van der Waals surface area contributed by atoms with Crippen molar-refractivity contribution in [2.75, 3.05) is 0 Å². The Morgan fingerprint density at radius 1 is 1.24 bits per heavy atom. The summed E-state index contributed by atoms with van der Waals surface area (Å²) < 4.78 is 0. The lowest BCUT2D eigenvalue weighted by atomic mass is 9.69. The molecule has 17 heavy (non-hydrogen) atoms. The molecule has 0 radical (unpaired) electrons. The van der Waals surface area contributed by atoms with Gasteiger partial charge >= 0.3 is 0 Å². The van der Waals surface area contributed by atoms with E-state index in [0.717, 1.165) is 30.7 Å². The minimum atomic E-state index is -0.312. The predicted octanol–water partition coefficient (Wildman–Crippen LogP) is 4.60. The average molecular weight is 272 g/mol. The van der Waals surface area contributed by atoms with Crippen molar-refractivity contribution >= 4 is 23.2 Å². The normalized spacial score (nSPS) is 33.7. The molecule has 3 heteroatoms. The average Bonchev–Trinajstić information content (AvgIpc) is 2.28. The van der Waals surface area contributed by atoms with Crippen LogP contribution in [0.5, 0.6) is 0 Å². The highest BCUT2D eigenvalue weighted by Gasteiger charge is 2.37. The van der Waals surface area contributed by atoms with E-state index in [9.17, 15) is 0 Å². The van der Waals surface area contributed by atoms with Gasteiger partial charge in [0.25, 0.3) is 0 Å². The molecule has 3 atom stereocenters. The Morgan fingerprint density at radius 2 is 1.94 bits per heavy atom. The summed E-state index contributed by atoms with van der Waals surface area (Å²) in [5.74, 6) is 1.37. The zero-order valence-corrected chi connectivity index (χ0v) is 11.9. The summed E-state index contributed by atoms with van der Waals surface area (Å²) in [4.78, 5) is 0. The molecule has 0 aromatic heterocycles. The monoisotopic (exact) mass is 271 g/mol. The fraction of sp³-hybridized carbons (Fsp3) is 0.571. The Bertz CT molecular complexity index is 419. The maximum Gasteiger partial charge on any atom is 0.0642 e. The number of rotatable bonds is 1. The van der Waals surface area contributed by atoms with Gasteiger partial charge in [0.2, 0.25) is 0 Å². The number of hydrogen-bond acceptors (Lipinski definition) is 1. The summed E-state index contributed by atoms with van der Waals surface area (Å²) in [6.07, 6.45) is 3.12. The lowest BCUT2D eigenvalue weighted by molar-refractivity contribution is 0.177. The lowest BCUT2D eigenvalue weighted by Crippen LogP contribution is -2.43. The largest absolute Gasteiger partial charge is 0.321 e. The zero-order chi connectivity index (χ0) is 12.6. The van der Waals surface area contributed by atoms with Crippen LogP contribution in [0.1, 0.15) is 38.7 Å². The first-order valence-corrected chi connectivity index (χ1v) is 6.93. The molecule has 0 saturated heterocycles. The third-order valence-corrected chi connectivity index (χ3v) is 5.01. The molecule has 0 spiro atoms. The summed E-state index contributed by atoms with van der Waals surface area (Å²) in [6.45, 7) is 4.56. The molecular weight excluding hydrogens is 253 g/mol. The van der Waals surface area contributed by atoms with Crippen LogP contribution in [0.2, 0.25) is 10.0 Å². The number of nitrogens with two attached hydrogens (primary N) is 1. The molecular formula is C14H19Cl2N. The molecule has 0 aliphatic heterocycles.